The molecular formula is C25H28N6O2S. The van der Waals surface area contributed by atoms with Crippen LogP contribution in [0.4, 0.5) is 0 Å². The minimum absolute atomic E-state index is 0.0493. The molecule has 0 N–H and O–H groups in total. The molecule has 4 aromatic rings. The summed E-state index contributed by atoms with van der Waals surface area (Å²) in [6.07, 6.45) is 2.45. The molecule has 0 spiro atoms. The van der Waals surface area contributed by atoms with Crippen LogP contribution in [-0.4, -0.2) is 54.0 Å². The number of thioether (sulfide) groups is 1. The van der Waals surface area contributed by atoms with E-state index in [9.17, 15) is 4.79 Å². The van der Waals surface area contributed by atoms with E-state index in [1.165, 1.54) is 24.6 Å². The Kier molecular flexibility index (Phi) is 6.38. The molecule has 5 rings (SSSR count). The van der Waals surface area contributed by atoms with Gasteiger partial charge in [-0.05, 0) is 64.9 Å². The fourth-order valence-corrected chi connectivity index (χ4v) is 5.39. The first kappa shape index (κ1) is 22.6. The topological polar surface area (TPSA) is 82.0 Å². The number of ketones is 1. The standard InChI is InChI=1S/C25H28N6O2S/c1-17-13-21(19(3)30(17)23-14-18(2)33-28-23)22(32)16-34-25-27-26-24(15-29-11-7-8-12-29)31(25)20-9-5-4-6-10-20/h4-6,9-10,13-14H,7-8,11-12,15-16H2,1-3H3. The molecule has 176 valence electrons. The summed E-state index contributed by atoms with van der Waals surface area (Å²) in [5.74, 6) is 2.65. The predicted octanol–water partition coefficient (Wildman–Crippen LogP) is 4.54. The minimum atomic E-state index is 0.0493. The molecule has 0 amide bonds. The van der Waals surface area contributed by atoms with Gasteiger partial charge in [0.05, 0.1) is 12.3 Å². The number of nitrogens with zero attached hydrogens (tertiary/aromatic N) is 6. The summed E-state index contributed by atoms with van der Waals surface area (Å²) in [5, 5.41) is 13.8. The number of aryl methyl sites for hydroxylation is 2. The second-order valence-corrected chi connectivity index (χ2v) is 9.62. The van der Waals surface area contributed by atoms with Gasteiger partial charge in [0.1, 0.15) is 5.76 Å². The number of likely N-dealkylation sites (tertiary alicyclic amines) is 1. The molecule has 34 heavy (non-hydrogen) atoms. The molecule has 1 aliphatic heterocycles. The molecule has 0 unspecified atom stereocenters. The van der Waals surface area contributed by atoms with E-state index in [1.54, 1.807) is 0 Å². The van der Waals surface area contributed by atoms with Crippen LogP contribution < -0.4 is 0 Å². The van der Waals surface area contributed by atoms with E-state index in [4.69, 9.17) is 4.52 Å². The zero-order valence-corrected chi connectivity index (χ0v) is 20.5. The lowest BCUT2D eigenvalue weighted by Crippen LogP contribution is -2.21. The fraction of sp³-hybridized carbons (Fsp3) is 0.360. The van der Waals surface area contributed by atoms with Crippen LogP contribution in [0.1, 0.15) is 46.2 Å². The van der Waals surface area contributed by atoms with Crippen LogP contribution in [0.2, 0.25) is 0 Å². The van der Waals surface area contributed by atoms with Crippen LogP contribution in [0.5, 0.6) is 0 Å². The summed E-state index contributed by atoms with van der Waals surface area (Å²) in [7, 11) is 0. The van der Waals surface area contributed by atoms with Gasteiger partial charge in [-0.1, -0.05) is 35.1 Å². The number of rotatable bonds is 8. The van der Waals surface area contributed by atoms with E-state index in [0.717, 1.165) is 53.5 Å². The van der Waals surface area contributed by atoms with Crippen molar-refractivity contribution in [3.63, 3.8) is 0 Å². The van der Waals surface area contributed by atoms with Crippen LogP contribution in [0.15, 0.2) is 52.1 Å². The Morgan fingerprint density at radius 2 is 1.79 bits per heavy atom. The third kappa shape index (κ3) is 4.45. The van der Waals surface area contributed by atoms with Crippen molar-refractivity contribution in [1.82, 2.24) is 29.4 Å². The highest BCUT2D eigenvalue weighted by Crippen LogP contribution is 2.26. The molecule has 1 fully saturated rings. The van der Waals surface area contributed by atoms with Gasteiger partial charge < -0.3 is 4.52 Å². The van der Waals surface area contributed by atoms with Crippen LogP contribution in [0, 0.1) is 20.8 Å². The largest absolute Gasteiger partial charge is 0.360 e. The van der Waals surface area contributed by atoms with Gasteiger partial charge >= 0.3 is 0 Å². The van der Waals surface area contributed by atoms with Crippen LogP contribution >= 0.6 is 11.8 Å². The third-order valence-electron chi connectivity index (χ3n) is 6.19. The molecule has 1 aliphatic rings. The molecule has 9 heteroatoms. The Morgan fingerprint density at radius 1 is 1.03 bits per heavy atom. The summed E-state index contributed by atoms with van der Waals surface area (Å²) in [5.41, 5.74) is 3.50. The Bertz CT molecular complexity index is 1300. The van der Waals surface area contributed by atoms with E-state index in [-0.39, 0.29) is 11.5 Å². The van der Waals surface area contributed by atoms with Crippen LogP contribution in [0.25, 0.3) is 11.5 Å². The highest BCUT2D eigenvalue weighted by molar-refractivity contribution is 7.99. The normalized spacial score (nSPS) is 14.2. The Labute approximate surface area is 203 Å². The van der Waals surface area contributed by atoms with Crippen molar-refractivity contribution in [3.05, 3.63) is 71.0 Å². The Balaban J connectivity index is 1.38. The molecule has 0 bridgehead atoms. The van der Waals surface area contributed by atoms with Crippen molar-refractivity contribution in [2.24, 2.45) is 0 Å². The summed E-state index contributed by atoms with van der Waals surface area (Å²) in [6, 6.07) is 13.9. The van der Waals surface area contributed by atoms with Gasteiger partial charge in [-0.25, -0.2) is 0 Å². The van der Waals surface area contributed by atoms with Crippen molar-refractivity contribution >= 4 is 17.5 Å². The van der Waals surface area contributed by atoms with E-state index in [1.807, 2.05) is 55.7 Å². The average Bonchev–Trinajstić information content (AvgIpc) is 3.62. The van der Waals surface area contributed by atoms with Crippen molar-refractivity contribution in [2.45, 2.75) is 45.3 Å². The predicted molar refractivity (Wildman–Crippen MR) is 131 cm³/mol. The van der Waals surface area contributed by atoms with Gasteiger partial charge in [-0.2, -0.15) is 0 Å². The highest BCUT2D eigenvalue weighted by Gasteiger charge is 2.22. The first-order valence-electron chi connectivity index (χ1n) is 11.5. The van der Waals surface area contributed by atoms with Gasteiger partial charge in [0.15, 0.2) is 22.6 Å². The van der Waals surface area contributed by atoms with Gasteiger partial charge in [-0.15, -0.1) is 10.2 Å². The maximum absolute atomic E-state index is 13.2. The van der Waals surface area contributed by atoms with E-state index < -0.39 is 0 Å². The third-order valence-corrected chi connectivity index (χ3v) is 7.12. The molecule has 0 atom stereocenters. The van der Waals surface area contributed by atoms with Crippen molar-refractivity contribution in [1.29, 1.82) is 0 Å². The number of aromatic nitrogens is 5. The Morgan fingerprint density at radius 3 is 2.50 bits per heavy atom. The highest BCUT2D eigenvalue weighted by atomic mass is 32.2. The second kappa shape index (κ2) is 9.60. The molecule has 0 saturated carbocycles. The SMILES string of the molecule is Cc1cc(-n2c(C)cc(C(=O)CSc3nnc(CN4CCCC4)n3-c3ccccc3)c2C)no1. The monoisotopic (exact) mass is 476 g/mol. The van der Waals surface area contributed by atoms with Crippen molar-refractivity contribution in [3.8, 4) is 11.5 Å². The lowest BCUT2D eigenvalue weighted by Gasteiger charge is -2.15. The van der Waals surface area contributed by atoms with Crippen molar-refractivity contribution < 1.29 is 9.32 Å². The van der Waals surface area contributed by atoms with Gasteiger partial charge in [0.2, 0.25) is 0 Å². The molecule has 8 nitrogen and oxygen atoms in total. The summed E-state index contributed by atoms with van der Waals surface area (Å²) in [6.45, 7) is 8.70. The number of Topliss-reactive ketones (excluding diaryl/α,β-unsaturated/α-hetero) is 1. The molecule has 4 heterocycles. The van der Waals surface area contributed by atoms with Crippen LogP contribution in [-0.2, 0) is 6.54 Å². The van der Waals surface area contributed by atoms with Gasteiger partial charge in [0.25, 0.3) is 0 Å². The first-order chi connectivity index (χ1) is 16.5. The lowest BCUT2D eigenvalue weighted by atomic mass is 10.2. The van der Waals surface area contributed by atoms with E-state index in [2.05, 4.69) is 37.0 Å². The van der Waals surface area contributed by atoms with Gasteiger partial charge in [0, 0.05) is 28.7 Å². The molecule has 0 radical (unpaired) electrons. The summed E-state index contributed by atoms with van der Waals surface area (Å²) >= 11 is 1.43. The number of carbonyl (C=O) groups is 1. The Hall–Kier alpha value is -3.17. The number of benzene rings is 1. The summed E-state index contributed by atoms with van der Waals surface area (Å²) in [4.78, 5) is 15.6. The second-order valence-electron chi connectivity index (χ2n) is 8.68. The average molecular weight is 477 g/mol. The number of para-hydroxylation sites is 1. The van der Waals surface area contributed by atoms with Crippen molar-refractivity contribution in [2.75, 3.05) is 18.8 Å². The molecule has 1 saturated heterocycles. The van der Waals surface area contributed by atoms with Gasteiger partial charge in [-0.3, -0.25) is 18.8 Å². The fourth-order valence-electron chi connectivity index (χ4n) is 4.54. The maximum atomic E-state index is 13.2. The first-order valence-corrected chi connectivity index (χ1v) is 12.5. The zero-order valence-electron chi connectivity index (χ0n) is 19.7. The zero-order chi connectivity index (χ0) is 23.7. The van der Waals surface area contributed by atoms with Crippen LogP contribution in [0.3, 0.4) is 0 Å². The van der Waals surface area contributed by atoms with E-state index >= 15 is 0 Å². The number of hydrogen-bond donors (Lipinski definition) is 0. The molecule has 3 aromatic heterocycles. The quantitative estimate of drug-likeness (QED) is 0.273. The maximum Gasteiger partial charge on any atom is 0.196 e. The lowest BCUT2D eigenvalue weighted by molar-refractivity contribution is 0.102. The molecule has 0 aliphatic carbocycles. The molecular weight excluding hydrogens is 448 g/mol. The molecule has 1 aromatic carbocycles. The van der Waals surface area contributed by atoms with E-state index in [0.29, 0.717) is 11.4 Å². The summed E-state index contributed by atoms with van der Waals surface area (Å²) < 4.78 is 9.26. The smallest absolute Gasteiger partial charge is 0.196 e. The minimum Gasteiger partial charge on any atom is -0.360 e. The number of hydrogen-bond acceptors (Lipinski definition) is 7. The number of carbonyl (C=O) groups excluding carboxylic acids is 1.